The molecule has 0 saturated heterocycles. The molecule has 2 rings (SSSR count). The van der Waals surface area contributed by atoms with Crippen molar-refractivity contribution < 1.29 is 0 Å². The molecule has 0 aliphatic carbocycles. The minimum Gasteiger partial charge on any atom is -0.378 e. The maximum absolute atomic E-state index is 3.65. The van der Waals surface area contributed by atoms with Gasteiger partial charge in [-0.1, -0.05) is 40.2 Å². The fourth-order valence-electron chi connectivity index (χ4n) is 2.38. The van der Waals surface area contributed by atoms with Gasteiger partial charge in [-0.05, 0) is 49.2 Å². The predicted molar refractivity (Wildman–Crippen MR) is 94.9 cm³/mol. The Morgan fingerprint density at radius 1 is 0.810 bits per heavy atom. The van der Waals surface area contributed by atoms with Crippen LogP contribution in [0.5, 0.6) is 0 Å². The lowest BCUT2D eigenvalue weighted by Gasteiger charge is -2.21. The number of nitrogens with one attached hydrogen (secondary N) is 1. The van der Waals surface area contributed by atoms with Gasteiger partial charge in [0.1, 0.15) is 0 Å². The molecule has 0 aliphatic rings. The topological polar surface area (TPSA) is 15.3 Å². The Balaban J connectivity index is 2.03. The summed E-state index contributed by atoms with van der Waals surface area (Å²) in [6, 6.07) is 17.8. The van der Waals surface area contributed by atoms with Crippen molar-refractivity contribution in [1.29, 1.82) is 0 Å². The first-order chi connectivity index (χ1) is 9.97. The number of halogens is 1. The largest absolute Gasteiger partial charge is 0.378 e. The van der Waals surface area contributed by atoms with Crippen LogP contribution in [-0.2, 0) is 0 Å². The van der Waals surface area contributed by atoms with Gasteiger partial charge in [0.15, 0.2) is 0 Å². The minimum atomic E-state index is 0.319. The van der Waals surface area contributed by atoms with Gasteiger partial charge in [0.05, 0.1) is 0 Å². The van der Waals surface area contributed by atoms with Crippen LogP contribution in [-0.4, -0.2) is 14.1 Å². The lowest BCUT2D eigenvalue weighted by atomic mass is 10.0. The summed E-state index contributed by atoms with van der Waals surface area (Å²) in [6.07, 6.45) is 0. The molecule has 0 spiro atoms. The average Bonchev–Trinajstić information content (AvgIpc) is 2.47. The zero-order valence-corrected chi connectivity index (χ0v) is 14.7. The van der Waals surface area contributed by atoms with E-state index in [0.29, 0.717) is 12.1 Å². The second-order valence-electron chi connectivity index (χ2n) is 5.65. The minimum absolute atomic E-state index is 0.319. The van der Waals surface area contributed by atoms with Gasteiger partial charge in [0.25, 0.3) is 0 Å². The van der Waals surface area contributed by atoms with Crippen LogP contribution in [0.2, 0.25) is 0 Å². The van der Waals surface area contributed by atoms with Gasteiger partial charge >= 0.3 is 0 Å². The van der Waals surface area contributed by atoms with E-state index in [4.69, 9.17) is 0 Å². The van der Waals surface area contributed by atoms with E-state index >= 15 is 0 Å². The van der Waals surface area contributed by atoms with Crippen molar-refractivity contribution in [3.05, 3.63) is 64.1 Å². The van der Waals surface area contributed by atoms with E-state index in [1.54, 1.807) is 0 Å². The van der Waals surface area contributed by atoms with Crippen LogP contribution in [0.4, 0.5) is 5.69 Å². The van der Waals surface area contributed by atoms with Crippen LogP contribution in [0.15, 0.2) is 53.0 Å². The molecule has 0 bridgehead atoms. The van der Waals surface area contributed by atoms with Crippen molar-refractivity contribution in [2.75, 3.05) is 19.0 Å². The summed E-state index contributed by atoms with van der Waals surface area (Å²) in [5.41, 5.74) is 3.84. The Kier molecular flexibility index (Phi) is 5.43. The summed E-state index contributed by atoms with van der Waals surface area (Å²) in [6.45, 7) is 4.41. The standard InChI is InChI=1S/C18H23BrN2/c1-13(15-5-9-17(19)10-6-15)20-14(2)16-7-11-18(12-8-16)21(3)4/h5-14,20H,1-4H3/t13-,14?/m0/s1. The van der Waals surface area contributed by atoms with E-state index in [-0.39, 0.29) is 0 Å². The van der Waals surface area contributed by atoms with E-state index < -0.39 is 0 Å². The molecule has 0 aromatic heterocycles. The Labute approximate surface area is 136 Å². The van der Waals surface area contributed by atoms with Crippen LogP contribution < -0.4 is 10.2 Å². The fraction of sp³-hybridized carbons (Fsp3) is 0.333. The molecule has 0 saturated carbocycles. The molecule has 0 aliphatic heterocycles. The molecule has 0 heterocycles. The average molecular weight is 347 g/mol. The molecule has 0 radical (unpaired) electrons. The predicted octanol–water partition coefficient (Wildman–Crippen LogP) is 4.93. The molecule has 3 heteroatoms. The van der Waals surface area contributed by atoms with Gasteiger partial charge in [-0.25, -0.2) is 0 Å². The third-order valence-electron chi connectivity index (χ3n) is 3.78. The first kappa shape index (κ1) is 16.1. The van der Waals surface area contributed by atoms with Crippen molar-refractivity contribution >= 4 is 21.6 Å². The molecule has 1 unspecified atom stereocenters. The van der Waals surface area contributed by atoms with E-state index in [2.05, 4.69) is 103 Å². The second-order valence-corrected chi connectivity index (χ2v) is 6.56. The summed E-state index contributed by atoms with van der Waals surface area (Å²) in [7, 11) is 4.12. The maximum atomic E-state index is 3.65. The highest BCUT2D eigenvalue weighted by Crippen LogP contribution is 2.22. The molecule has 112 valence electrons. The van der Waals surface area contributed by atoms with Gasteiger partial charge < -0.3 is 10.2 Å². The van der Waals surface area contributed by atoms with Crippen molar-refractivity contribution in [3.63, 3.8) is 0 Å². The highest BCUT2D eigenvalue weighted by Gasteiger charge is 2.11. The molecule has 2 atom stereocenters. The Morgan fingerprint density at radius 3 is 1.67 bits per heavy atom. The first-order valence-corrected chi connectivity index (χ1v) is 8.05. The van der Waals surface area contributed by atoms with Crippen LogP contribution in [0.3, 0.4) is 0 Å². The number of anilines is 1. The van der Waals surface area contributed by atoms with E-state index in [9.17, 15) is 0 Å². The fourth-order valence-corrected chi connectivity index (χ4v) is 2.64. The van der Waals surface area contributed by atoms with Crippen molar-refractivity contribution in [2.24, 2.45) is 0 Å². The Bertz CT molecular complexity index is 561. The van der Waals surface area contributed by atoms with E-state index in [1.165, 1.54) is 16.8 Å². The lowest BCUT2D eigenvalue weighted by molar-refractivity contribution is 0.494. The summed E-state index contributed by atoms with van der Waals surface area (Å²) in [5, 5.41) is 3.65. The number of nitrogens with zero attached hydrogens (tertiary/aromatic N) is 1. The molecule has 0 fully saturated rings. The monoisotopic (exact) mass is 346 g/mol. The molecular weight excluding hydrogens is 324 g/mol. The quantitative estimate of drug-likeness (QED) is 0.825. The number of benzene rings is 2. The Hall–Kier alpha value is -1.32. The van der Waals surface area contributed by atoms with Crippen LogP contribution in [0.1, 0.15) is 37.1 Å². The molecule has 2 aromatic carbocycles. The highest BCUT2D eigenvalue weighted by molar-refractivity contribution is 9.10. The van der Waals surface area contributed by atoms with Gasteiger partial charge in [-0.3, -0.25) is 0 Å². The van der Waals surface area contributed by atoms with Crippen LogP contribution >= 0.6 is 15.9 Å². The third kappa shape index (κ3) is 4.32. The summed E-state index contributed by atoms with van der Waals surface area (Å²) in [4.78, 5) is 2.12. The summed E-state index contributed by atoms with van der Waals surface area (Å²) < 4.78 is 1.12. The zero-order valence-electron chi connectivity index (χ0n) is 13.1. The highest BCUT2D eigenvalue weighted by atomic mass is 79.9. The van der Waals surface area contributed by atoms with Gasteiger partial charge in [0.2, 0.25) is 0 Å². The Morgan fingerprint density at radius 2 is 1.24 bits per heavy atom. The van der Waals surface area contributed by atoms with E-state index in [0.717, 1.165) is 4.47 Å². The van der Waals surface area contributed by atoms with Crippen molar-refractivity contribution in [1.82, 2.24) is 5.32 Å². The molecular formula is C18H23BrN2. The van der Waals surface area contributed by atoms with Gasteiger partial charge in [-0.15, -0.1) is 0 Å². The summed E-state index contributed by atoms with van der Waals surface area (Å²) in [5.74, 6) is 0. The SMILES string of the molecule is CC(N[C@@H](C)c1ccc(Br)cc1)c1ccc(N(C)C)cc1. The number of hydrogen-bond acceptors (Lipinski definition) is 2. The maximum Gasteiger partial charge on any atom is 0.0361 e. The second kappa shape index (κ2) is 7.10. The van der Waals surface area contributed by atoms with Crippen LogP contribution in [0, 0.1) is 0 Å². The lowest BCUT2D eigenvalue weighted by Crippen LogP contribution is -2.22. The van der Waals surface area contributed by atoms with Gasteiger partial charge in [0, 0.05) is 36.3 Å². The molecule has 1 N–H and O–H groups in total. The van der Waals surface area contributed by atoms with Crippen LogP contribution in [0.25, 0.3) is 0 Å². The molecule has 21 heavy (non-hydrogen) atoms. The molecule has 2 nitrogen and oxygen atoms in total. The summed E-state index contributed by atoms with van der Waals surface area (Å²) >= 11 is 3.48. The zero-order chi connectivity index (χ0) is 15.4. The number of hydrogen-bond donors (Lipinski definition) is 1. The molecule has 2 aromatic rings. The number of rotatable bonds is 5. The first-order valence-electron chi connectivity index (χ1n) is 7.26. The van der Waals surface area contributed by atoms with Crippen molar-refractivity contribution in [3.8, 4) is 0 Å². The molecule has 0 amide bonds. The normalized spacial score (nSPS) is 13.8. The van der Waals surface area contributed by atoms with E-state index in [1.807, 2.05) is 0 Å². The van der Waals surface area contributed by atoms with Crippen molar-refractivity contribution in [2.45, 2.75) is 25.9 Å². The third-order valence-corrected chi connectivity index (χ3v) is 4.31. The smallest absolute Gasteiger partial charge is 0.0361 e. The van der Waals surface area contributed by atoms with Gasteiger partial charge in [-0.2, -0.15) is 0 Å².